The molecule has 7 nitrogen and oxygen atoms in total. The average Bonchev–Trinajstić information content (AvgIpc) is 3.30. The highest BCUT2D eigenvalue weighted by molar-refractivity contribution is 8.01. The number of benzene rings is 6. The van der Waals surface area contributed by atoms with Crippen LogP contribution >= 0.6 is 18.6 Å². The van der Waals surface area contributed by atoms with Crippen molar-refractivity contribution in [2.75, 3.05) is 13.2 Å². The van der Waals surface area contributed by atoms with Crippen LogP contribution in [0.1, 0.15) is 23.6 Å². The first-order valence-corrected chi connectivity index (χ1v) is 22.4. The zero-order chi connectivity index (χ0) is 42.0. The largest absolute Gasteiger partial charge is 0.508 e. The van der Waals surface area contributed by atoms with Crippen molar-refractivity contribution in [3.63, 3.8) is 0 Å². The van der Waals surface area contributed by atoms with E-state index in [9.17, 15) is 4.79 Å². The number of carbonyl (C=O) groups excluding carboxylic acids is 3. The fraction of sp³-hybridized carbons (Fsp3) is 0.137. The fourth-order valence-corrected chi connectivity index (χ4v) is 14.4. The SMILES string of the molecule is C=CCOC(=O)OC(C)[C@H]1C(=O)N(C(C(=O)OCC=C)=P(c2ccccc2)(c2ccccc2)c2ccccc2)[C@@H]1SC(c1ccccc1)(c1ccccc1)c1ccccc1. The highest BCUT2D eigenvalue weighted by Crippen LogP contribution is 2.57. The Morgan fingerprint density at radius 3 is 1.38 bits per heavy atom. The van der Waals surface area contributed by atoms with Crippen LogP contribution < -0.4 is 15.9 Å². The number of likely N-dealkylation sites (tertiary alicyclic amines) is 1. The molecular formula is C51H46NO6PS. The summed E-state index contributed by atoms with van der Waals surface area (Å²) in [6.45, 7) is 5.76. The van der Waals surface area contributed by atoms with Crippen LogP contribution in [0.25, 0.3) is 0 Å². The van der Waals surface area contributed by atoms with E-state index in [0.717, 1.165) is 32.6 Å². The molecule has 0 bridgehead atoms. The third kappa shape index (κ3) is 8.01. The number of hydrogen-bond acceptors (Lipinski definition) is 7. The predicted molar refractivity (Wildman–Crippen MR) is 244 cm³/mol. The zero-order valence-corrected chi connectivity index (χ0v) is 35.0. The number of rotatable bonds is 16. The van der Waals surface area contributed by atoms with Crippen LogP contribution in [0.4, 0.5) is 4.79 Å². The molecule has 6 aromatic rings. The Morgan fingerprint density at radius 1 is 0.633 bits per heavy atom. The third-order valence-electron chi connectivity index (χ3n) is 10.5. The van der Waals surface area contributed by atoms with E-state index in [0.29, 0.717) is 0 Å². The van der Waals surface area contributed by atoms with Gasteiger partial charge in [0.2, 0.25) is 5.91 Å². The molecule has 1 saturated heterocycles. The first kappa shape index (κ1) is 41.8. The lowest BCUT2D eigenvalue weighted by Gasteiger charge is -2.53. The van der Waals surface area contributed by atoms with Gasteiger partial charge < -0.3 is 14.2 Å². The molecule has 3 atom stereocenters. The van der Waals surface area contributed by atoms with Crippen molar-refractivity contribution < 1.29 is 28.6 Å². The summed E-state index contributed by atoms with van der Waals surface area (Å²) in [5.74, 6) is -1.97. The molecule has 7 rings (SSSR count). The van der Waals surface area contributed by atoms with Crippen molar-refractivity contribution in [2.24, 2.45) is 5.92 Å². The van der Waals surface area contributed by atoms with Gasteiger partial charge in [-0.2, -0.15) is 0 Å². The molecule has 0 aliphatic carbocycles. The molecule has 0 saturated carbocycles. The van der Waals surface area contributed by atoms with Gasteiger partial charge in [-0.3, -0.25) is 9.69 Å². The van der Waals surface area contributed by atoms with Crippen LogP contribution in [-0.4, -0.2) is 53.0 Å². The van der Waals surface area contributed by atoms with E-state index in [1.807, 2.05) is 146 Å². The molecule has 0 spiro atoms. The summed E-state index contributed by atoms with van der Waals surface area (Å²) in [5, 5.41) is 1.75. The van der Waals surface area contributed by atoms with Crippen LogP contribution in [0.2, 0.25) is 0 Å². The summed E-state index contributed by atoms with van der Waals surface area (Å²) in [4.78, 5) is 45.6. The standard InChI is InChI=1S/C51H46NO6PS/c1-4-36-56-49(54)47(59(42-30-18-9-19-31-42,43-32-20-10-21-33-43)44-34-22-11-23-35-44)52-46(53)45(38(3)58-50(55)57-37-5-2)48(52)60-51(39-24-12-6-13-25-39,40-26-14-7-15-27-40)41-28-16-8-17-29-41/h4-35,38,45,48H,1-2,36-37H2,3H3/t38?,45-,48+/m0/s1. The molecular weight excluding hydrogens is 786 g/mol. The molecule has 9 heteroatoms. The van der Waals surface area contributed by atoms with E-state index in [2.05, 4.69) is 49.6 Å². The number of amides is 1. The van der Waals surface area contributed by atoms with Gasteiger partial charge in [-0.1, -0.05) is 207 Å². The van der Waals surface area contributed by atoms with Gasteiger partial charge in [-0.05, 0) is 39.5 Å². The second-order valence-corrected chi connectivity index (χ2v) is 18.7. The number of carbonyl (C=O) groups is 3. The van der Waals surface area contributed by atoms with Crippen LogP contribution in [0.5, 0.6) is 0 Å². The van der Waals surface area contributed by atoms with Gasteiger partial charge in [0.05, 0.1) is 10.1 Å². The summed E-state index contributed by atoms with van der Waals surface area (Å²) < 4.78 is 16.3. The number of esters is 1. The summed E-state index contributed by atoms with van der Waals surface area (Å²) >= 11 is 1.53. The maximum absolute atomic E-state index is 15.5. The normalized spacial score (nSPS) is 15.5. The predicted octanol–water partition coefficient (Wildman–Crippen LogP) is 9.08. The van der Waals surface area contributed by atoms with Crippen LogP contribution in [0.3, 0.4) is 0 Å². The van der Waals surface area contributed by atoms with Crippen molar-refractivity contribution in [3.05, 3.63) is 224 Å². The van der Waals surface area contributed by atoms with Crippen molar-refractivity contribution in [1.29, 1.82) is 0 Å². The first-order valence-electron chi connectivity index (χ1n) is 19.7. The molecule has 1 unspecified atom stereocenters. The number of hydrogen-bond donors (Lipinski definition) is 0. The summed E-state index contributed by atoms with van der Waals surface area (Å²) in [5.41, 5.74) is 3.07. The Labute approximate surface area is 356 Å². The number of thioether (sulfide) groups is 1. The lowest BCUT2D eigenvalue weighted by molar-refractivity contribution is -0.152. The molecule has 6 aromatic carbocycles. The fourth-order valence-electron chi connectivity index (χ4n) is 7.92. The number of nitrogens with zero attached hydrogens (tertiary/aromatic N) is 1. The molecule has 1 heterocycles. The lowest BCUT2D eigenvalue weighted by atomic mass is 9.84. The minimum Gasteiger partial charge on any atom is -0.457 e. The van der Waals surface area contributed by atoms with Crippen molar-refractivity contribution >= 4 is 58.0 Å². The molecule has 0 aromatic heterocycles. The minimum absolute atomic E-state index is 0.0566. The summed E-state index contributed by atoms with van der Waals surface area (Å²) in [7, 11) is 0. The smallest absolute Gasteiger partial charge is 0.457 e. The molecule has 1 fully saturated rings. The van der Waals surface area contributed by atoms with Gasteiger partial charge in [0.25, 0.3) is 0 Å². The maximum atomic E-state index is 15.5. The highest BCUT2D eigenvalue weighted by Gasteiger charge is 2.59. The van der Waals surface area contributed by atoms with Crippen LogP contribution in [-0.2, 0) is 28.5 Å². The molecule has 1 amide bonds. The van der Waals surface area contributed by atoms with Crippen molar-refractivity contribution in [1.82, 2.24) is 4.90 Å². The van der Waals surface area contributed by atoms with E-state index in [1.165, 1.54) is 23.9 Å². The van der Waals surface area contributed by atoms with E-state index < -0.39 is 47.1 Å². The average molecular weight is 832 g/mol. The number of ether oxygens (including phenoxy) is 3. The van der Waals surface area contributed by atoms with Crippen LogP contribution in [0, 0.1) is 5.92 Å². The topological polar surface area (TPSA) is 82.1 Å². The van der Waals surface area contributed by atoms with E-state index >= 15 is 9.59 Å². The van der Waals surface area contributed by atoms with E-state index in [-0.39, 0.29) is 18.6 Å². The Morgan fingerprint density at radius 2 is 1.00 bits per heavy atom. The monoisotopic (exact) mass is 831 g/mol. The van der Waals surface area contributed by atoms with Gasteiger partial charge in [0, 0.05) is 6.89 Å². The van der Waals surface area contributed by atoms with Gasteiger partial charge in [-0.15, -0.1) is 11.8 Å². The Hall–Kier alpha value is -6.34. The third-order valence-corrected chi connectivity index (χ3v) is 16.6. The summed E-state index contributed by atoms with van der Waals surface area (Å²) in [6, 6.07) is 60.0. The van der Waals surface area contributed by atoms with Gasteiger partial charge >= 0.3 is 12.1 Å². The quantitative estimate of drug-likeness (QED) is 0.0317. The van der Waals surface area contributed by atoms with Gasteiger partial charge in [0.1, 0.15) is 30.7 Å². The van der Waals surface area contributed by atoms with Crippen molar-refractivity contribution in [3.8, 4) is 0 Å². The first-order chi connectivity index (χ1) is 29.4. The molecule has 302 valence electrons. The second kappa shape index (κ2) is 19.2. The molecule has 60 heavy (non-hydrogen) atoms. The second-order valence-electron chi connectivity index (χ2n) is 14.1. The van der Waals surface area contributed by atoms with Crippen LogP contribution in [0.15, 0.2) is 207 Å². The Balaban J connectivity index is 1.59. The van der Waals surface area contributed by atoms with Crippen molar-refractivity contribution in [2.45, 2.75) is 23.1 Å². The van der Waals surface area contributed by atoms with E-state index in [1.54, 1.807) is 11.8 Å². The molecule has 1 aliphatic heterocycles. The Bertz CT molecular complexity index is 2270. The minimum atomic E-state index is -3.28. The Kier molecular flexibility index (Phi) is 13.3. The maximum Gasteiger partial charge on any atom is 0.508 e. The molecule has 1 aliphatic rings. The summed E-state index contributed by atoms with van der Waals surface area (Å²) in [6.07, 6.45) is 1.08. The highest BCUT2D eigenvalue weighted by atomic mass is 32.2. The number of β-lactam (4-membered cyclic amide) rings is 1. The van der Waals surface area contributed by atoms with Gasteiger partial charge in [0.15, 0.2) is 0 Å². The lowest BCUT2D eigenvalue weighted by Crippen LogP contribution is -2.68. The molecule has 0 N–H and O–H groups in total. The van der Waals surface area contributed by atoms with Gasteiger partial charge in [-0.25, -0.2) is 9.59 Å². The zero-order valence-electron chi connectivity index (χ0n) is 33.3. The molecule has 0 radical (unpaired) electrons. The van der Waals surface area contributed by atoms with E-state index in [4.69, 9.17) is 14.2 Å².